The highest BCUT2D eigenvalue weighted by atomic mass is 19.4. The van der Waals surface area contributed by atoms with Crippen LogP contribution in [-0.4, -0.2) is 19.0 Å². The Morgan fingerprint density at radius 2 is 2.20 bits per heavy atom. The third-order valence-corrected chi connectivity index (χ3v) is 3.62. The summed E-state index contributed by atoms with van der Waals surface area (Å²) in [4.78, 5) is 12.0. The number of carbonyl (C=O) groups excluding carboxylic acids is 1. The summed E-state index contributed by atoms with van der Waals surface area (Å²) in [5, 5.41) is 5.83. The molecule has 1 aliphatic rings. The van der Waals surface area contributed by atoms with E-state index in [1.54, 1.807) is 6.07 Å². The van der Waals surface area contributed by atoms with Crippen molar-refractivity contribution in [3.63, 3.8) is 0 Å². The van der Waals surface area contributed by atoms with E-state index in [0.29, 0.717) is 12.1 Å². The largest absolute Gasteiger partial charge is 0.416 e. The third kappa shape index (κ3) is 3.30. The summed E-state index contributed by atoms with van der Waals surface area (Å²) in [7, 11) is 0. The number of hydrogen-bond acceptors (Lipinski definition) is 2. The van der Waals surface area contributed by atoms with Crippen LogP contribution in [0.5, 0.6) is 0 Å². The zero-order chi connectivity index (χ0) is 14.8. The maximum absolute atomic E-state index is 12.6. The molecule has 20 heavy (non-hydrogen) atoms. The lowest BCUT2D eigenvalue weighted by Gasteiger charge is -2.21. The van der Waals surface area contributed by atoms with Gasteiger partial charge in [0.05, 0.1) is 11.0 Å². The number of rotatable bonds is 3. The topological polar surface area (TPSA) is 41.1 Å². The minimum Gasteiger partial charge on any atom is -0.352 e. The van der Waals surface area contributed by atoms with Gasteiger partial charge in [-0.05, 0) is 37.6 Å². The minimum atomic E-state index is -4.36. The molecule has 0 saturated carbocycles. The van der Waals surface area contributed by atoms with Gasteiger partial charge < -0.3 is 10.6 Å². The molecule has 1 amide bonds. The van der Waals surface area contributed by atoms with Crippen LogP contribution in [0, 0.1) is 5.41 Å². The Bertz CT molecular complexity index is 493. The Balaban J connectivity index is 1.99. The van der Waals surface area contributed by atoms with E-state index >= 15 is 0 Å². The van der Waals surface area contributed by atoms with E-state index in [9.17, 15) is 18.0 Å². The van der Waals surface area contributed by atoms with Crippen LogP contribution in [0.4, 0.5) is 13.2 Å². The fraction of sp³-hybridized carbons (Fsp3) is 0.500. The van der Waals surface area contributed by atoms with Crippen molar-refractivity contribution in [3.05, 3.63) is 35.4 Å². The molecule has 0 spiro atoms. The highest BCUT2D eigenvalue weighted by Gasteiger charge is 2.36. The molecule has 1 aromatic carbocycles. The summed E-state index contributed by atoms with van der Waals surface area (Å²) in [5.41, 5.74) is -0.720. The highest BCUT2D eigenvalue weighted by molar-refractivity contribution is 5.82. The van der Waals surface area contributed by atoms with Crippen molar-refractivity contribution in [2.75, 3.05) is 13.1 Å². The lowest BCUT2D eigenvalue weighted by atomic mass is 9.89. The number of nitrogens with one attached hydrogen (secondary N) is 2. The number of carbonyl (C=O) groups is 1. The number of benzene rings is 1. The van der Waals surface area contributed by atoms with Crippen LogP contribution >= 0.6 is 0 Å². The average Bonchev–Trinajstić information content (AvgIpc) is 2.83. The van der Waals surface area contributed by atoms with Gasteiger partial charge >= 0.3 is 6.18 Å². The van der Waals surface area contributed by atoms with E-state index in [1.807, 2.05) is 6.92 Å². The van der Waals surface area contributed by atoms with Crippen LogP contribution < -0.4 is 10.6 Å². The molecule has 1 aliphatic heterocycles. The van der Waals surface area contributed by atoms with Crippen LogP contribution in [-0.2, 0) is 17.5 Å². The molecule has 1 aromatic rings. The van der Waals surface area contributed by atoms with Crippen LogP contribution in [0.1, 0.15) is 24.5 Å². The molecule has 6 heteroatoms. The van der Waals surface area contributed by atoms with E-state index < -0.39 is 17.2 Å². The molecule has 1 atom stereocenters. The molecule has 1 heterocycles. The van der Waals surface area contributed by atoms with Crippen LogP contribution in [0.15, 0.2) is 24.3 Å². The van der Waals surface area contributed by atoms with Crippen molar-refractivity contribution in [1.29, 1.82) is 0 Å². The predicted octanol–water partition coefficient (Wildman–Crippen LogP) is 2.32. The zero-order valence-electron chi connectivity index (χ0n) is 11.2. The zero-order valence-corrected chi connectivity index (χ0v) is 11.2. The van der Waals surface area contributed by atoms with Crippen molar-refractivity contribution < 1.29 is 18.0 Å². The van der Waals surface area contributed by atoms with Crippen molar-refractivity contribution in [3.8, 4) is 0 Å². The summed E-state index contributed by atoms with van der Waals surface area (Å²) in [5.74, 6) is -0.125. The van der Waals surface area contributed by atoms with E-state index in [4.69, 9.17) is 0 Å². The van der Waals surface area contributed by atoms with Crippen LogP contribution in [0.3, 0.4) is 0 Å². The normalized spacial score (nSPS) is 22.8. The predicted molar refractivity (Wildman–Crippen MR) is 68.9 cm³/mol. The Morgan fingerprint density at radius 3 is 2.80 bits per heavy atom. The van der Waals surface area contributed by atoms with Gasteiger partial charge in [-0.2, -0.15) is 13.2 Å². The number of hydrogen-bond donors (Lipinski definition) is 2. The molecule has 3 nitrogen and oxygen atoms in total. The average molecular weight is 286 g/mol. The summed E-state index contributed by atoms with van der Waals surface area (Å²) >= 11 is 0. The second-order valence-electron chi connectivity index (χ2n) is 5.37. The second kappa shape index (κ2) is 5.44. The molecule has 2 N–H and O–H groups in total. The summed E-state index contributed by atoms with van der Waals surface area (Å²) in [6, 6.07) is 5.01. The molecular weight excluding hydrogens is 269 g/mol. The quantitative estimate of drug-likeness (QED) is 0.895. The highest BCUT2D eigenvalue weighted by Crippen LogP contribution is 2.29. The maximum Gasteiger partial charge on any atom is 0.416 e. The lowest BCUT2D eigenvalue weighted by Crippen LogP contribution is -2.40. The van der Waals surface area contributed by atoms with Gasteiger partial charge in [0.25, 0.3) is 0 Å². The Labute approximate surface area is 115 Å². The molecule has 0 aliphatic carbocycles. The maximum atomic E-state index is 12.6. The van der Waals surface area contributed by atoms with Gasteiger partial charge in [0, 0.05) is 13.1 Å². The molecule has 1 unspecified atom stereocenters. The first kappa shape index (κ1) is 14.8. The monoisotopic (exact) mass is 286 g/mol. The smallest absolute Gasteiger partial charge is 0.352 e. The first-order chi connectivity index (χ1) is 9.31. The number of amides is 1. The SMILES string of the molecule is CC1(C(=O)NCc2cccc(C(F)(F)F)c2)CCNC1. The van der Waals surface area contributed by atoms with Crippen LogP contribution in [0.25, 0.3) is 0 Å². The minimum absolute atomic E-state index is 0.109. The molecule has 1 fully saturated rings. The standard InChI is InChI=1S/C14H17F3N2O/c1-13(5-6-18-9-13)12(20)19-8-10-3-2-4-11(7-10)14(15,16)17/h2-4,7,18H,5-6,8-9H2,1H3,(H,19,20). The van der Waals surface area contributed by atoms with Gasteiger partial charge in [0.15, 0.2) is 0 Å². The molecule has 0 bridgehead atoms. The van der Waals surface area contributed by atoms with E-state index in [0.717, 1.165) is 25.1 Å². The van der Waals surface area contributed by atoms with Gasteiger partial charge in [-0.3, -0.25) is 4.79 Å². The van der Waals surface area contributed by atoms with Crippen LogP contribution in [0.2, 0.25) is 0 Å². The van der Waals surface area contributed by atoms with Gasteiger partial charge in [0.1, 0.15) is 0 Å². The number of halogens is 3. The molecule has 110 valence electrons. The molecule has 0 radical (unpaired) electrons. The molecule has 1 saturated heterocycles. The summed E-state index contributed by atoms with van der Waals surface area (Å²) in [6.07, 6.45) is -3.62. The van der Waals surface area contributed by atoms with E-state index in [-0.39, 0.29) is 12.5 Å². The van der Waals surface area contributed by atoms with Crippen molar-refractivity contribution in [1.82, 2.24) is 10.6 Å². The van der Waals surface area contributed by atoms with Crippen molar-refractivity contribution in [2.45, 2.75) is 26.1 Å². The van der Waals surface area contributed by atoms with Crippen molar-refractivity contribution >= 4 is 5.91 Å². The van der Waals surface area contributed by atoms with E-state index in [2.05, 4.69) is 10.6 Å². The van der Waals surface area contributed by atoms with E-state index in [1.165, 1.54) is 6.07 Å². The summed E-state index contributed by atoms with van der Waals surface area (Å²) < 4.78 is 37.7. The first-order valence-corrected chi connectivity index (χ1v) is 6.46. The number of alkyl halides is 3. The van der Waals surface area contributed by atoms with Gasteiger partial charge in [-0.15, -0.1) is 0 Å². The Hall–Kier alpha value is -1.56. The van der Waals surface area contributed by atoms with Gasteiger partial charge in [0.2, 0.25) is 5.91 Å². The first-order valence-electron chi connectivity index (χ1n) is 6.46. The Kier molecular flexibility index (Phi) is 4.04. The Morgan fingerprint density at radius 1 is 1.45 bits per heavy atom. The third-order valence-electron chi connectivity index (χ3n) is 3.62. The second-order valence-corrected chi connectivity index (χ2v) is 5.37. The van der Waals surface area contributed by atoms with Gasteiger partial charge in [-0.25, -0.2) is 0 Å². The lowest BCUT2D eigenvalue weighted by molar-refractivity contribution is -0.137. The van der Waals surface area contributed by atoms with Gasteiger partial charge in [-0.1, -0.05) is 12.1 Å². The summed E-state index contributed by atoms with van der Waals surface area (Å²) in [6.45, 7) is 3.35. The molecule has 0 aromatic heterocycles. The fourth-order valence-corrected chi connectivity index (χ4v) is 2.26. The molecular formula is C14H17F3N2O. The fourth-order valence-electron chi connectivity index (χ4n) is 2.26. The molecule has 2 rings (SSSR count). The van der Waals surface area contributed by atoms with Crippen molar-refractivity contribution in [2.24, 2.45) is 5.41 Å².